The van der Waals surface area contributed by atoms with Crippen LogP contribution < -0.4 is 11.2 Å². The van der Waals surface area contributed by atoms with Crippen molar-refractivity contribution in [1.82, 2.24) is 30.2 Å². The van der Waals surface area contributed by atoms with E-state index in [-0.39, 0.29) is 23.9 Å². The molecule has 0 atom stereocenters. The van der Waals surface area contributed by atoms with Crippen molar-refractivity contribution in [3.05, 3.63) is 59.5 Å². The van der Waals surface area contributed by atoms with Crippen molar-refractivity contribution in [2.45, 2.75) is 38.1 Å². The molecule has 0 radical (unpaired) electrons. The number of nitrogens with zero attached hydrogens (tertiary/aromatic N) is 5. The van der Waals surface area contributed by atoms with Crippen molar-refractivity contribution in [2.75, 3.05) is 5.73 Å². The standard InChI is InChI=1S/C24H22F3N7O3/c1-33-20-17-9-13(5-8-19(17)31-21(28)18(20)11-30-33)22(35)34(32-23(36)37-16-3-2-4-16)12-15-7-6-14(10-29-15)24(25,26)27/h5-11,16H,2-4,12H2,1H3,(H2,28,31)(H,32,36). The lowest BCUT2D eigenvalue weighted by Gasteiger charge is -2.28. The van der Waals surface area contributed by atoms with Gasteiger partial charge in [0.05, 0.1) is 40.4 Å². The number of alkyl halides is 3. The third-order valence-corrected chi connectivity index (χ3v) is 6.22. The molecule has 0 unspecified atom stereocenters. The zero-order chi connectivity index (χ0) is 26.3. The number of hydrazine groups is 1. The van der Waals surface area contributed by atoms with Crippen LogP contribution in [0, 0.1) is 0 Å². The highest BCUT2D eigenvalue weighted by atomic mass is 19.4. The van der Waals surface area contributed by atoms with Crippen molar-refractivity contribution in [3.63, 3.8) is 0 Å². The van der Waals surface area contributed by atoms with Gasteiger partial charge in [0.15, 0.2) is 0 Å². The minimum absolute atomic E-state index is 0.134. The van der Waals surface area contributed by atoms with Gasteiger partial charge in [0.25, 0.3) is 5.91 Å². The Morgan fingerprint density at radius 3 is 2.62 bits per heavy atom. The zero-order valence-corrected chi connectivity index (χ0v) is 19.6. The van der Waals surface area contributed by atoms with Gasteiger partial charge >= 0.3 is 12.3 Å². The fraction of sp³-hybridized carbons (Fsp3) is 0.292. The van der Waals surface area contributed by atoms with Crippen LogP contribution in [-0.2, 0) is 24.5 Å². The number of carbonyl (C=O) groups excluding carboxylic acids is 2. The smallest absolute Gasteiger partial charge is 0.426 e. The topological polar surface area (TPSA) is 128 Å². The number of ether oxygens (including phenoxy) is 1. The molecule has 1 fully saturated rings. The van der Waals surface area contributed by atoms with E-state index in [9.17, 15) is 22.8 Å². The summed E-state index contributed by atoms with van der Waals surface area (Å²) in [5.74, 6) is -0.327. The highest BCUT2D eigenvalue weighted by molar-refractivity contribution is 6.10. The lowest BCUT2D eigenvalue weighted by atomic mass is 9.96. The summed E-state index contributed by atoms with van der Waals surface area (Å²) in [4.78, 5) is 34.2. The average molecular weight is 513 g/mol. The monoisotopic (exact) mass is 513 g/mol. The number of rotatable bonds is 4. The predicted molar refractivity (Wildman–Crippen MR) is 127 cm³/mol. The van der Waals surface area contributed by atoms with Crippen LogP contribution in [0.5, 0.6) is 0 Å². The van der Waals surface area contributed by atoms with E-state index in [1.54, 1.807) is 30.1 Å². The number of hydrogen-bond donors (Lipinski definition) is 2. The Labute approximate surface area is 208 Å². The normalized spacial score (nSPS) is 13.9. The highest BCUT2D eigenvalue weighted by Crippen LogP contribution is 2.30. The van der Waals surface area contributed by atoms with Crippen LogP contribution in [0.15, 0.2) is 42.7 Å². The summed E-state index contributed by atoms with van der Waals surface area (Å²) in [6, 6.07) is 6.75. The number of aryl methyl sites for hydroxylation is 1. The van der Waals surface area contributed by atoms with Gasteiger partial charge in [-0.25, -0.2) is 20.2 Å². The third-order valence-electron chi connectivity index (χ3n) is 6.22. The number of nitrogens with two attached hydrogens (primary N) is 1. The number of anilines is 1. The predicted octanol–water partition coefficient (Wildman–Crippen LogP) is 3.95. The van der Waals surface area contributed by atoms with Crippen LogP contribution in [0.1, 0.15) is 40.9 Å². The van der Waals surface area contributed by atoms with Gasteiger partial charge in [-0.15, -0.1) is 0 Å². The van der Waals surface area contributed by atoms with E-state index in [0.717, 1.165) is 36.4 Å². The molecule has 4 aromatic rings. The fourth-order valence-corrected chi connectivity index (χ4v) is 4.03. The molecule has 0 spiro atoms. The molecule has 3 aromatic heterocycles. The maximum absolute atomic E-state index is 13.5. The maximum Gasteiger partial charge on any atom is 0.426 e. The molecule has 1 aliphatic carbocycles. The highest BCUT2D eigenvalue weighted by Gasteiger charge is 2.31. The minimum atomic E-state index is -4.55. The number of fused-ring (bicyclic) bond motifs is 3. The molecule has 1 aromatic carbocycles. The van der Waals surface area contributed by atoms with Crippen molar-refractivity contribution in [3.8, 4) is 0 Å². The molecule has 192 valence electrons. The molecule has 1 saturated carbocycles. The lowest BCUT2D eigenvalue weighted by Crippen LogP contribution is -2.47. The van der Waals surface area contributed by atoms with Gasteiger partial charge in [-0.1, -0.05) is 0 Å². The van der Waals surface area contributed by atoms with E-state index >= 15 is 0 Å². The van der Waals surface area contributed by atoms with Gasteiger partial charge in [0, 0.05) is 24.2 Å². The molecule has 2 amide bonds. The van der Waals surface area contributed by atoms with Gasteiger partial charge in [-0.05, 0) is 49.6 Å². The molecule has 0 bridgehead atoms. The second-order valence-electron chi connectivity index (χ2n) is 8.76. The second kappa shape index (κ2) is 9.22. The Balaban J connectivity index is 1.47. The molecule has 0 saturated heterocycles. The van der Waals surface area contributed by atoms with E-state index in [4.69, 9.17) is 10.5 Å². The first-order chi connectivity index (χ1) is 17.6. The Morgan fingerprint density at radius 2 is 1.97 bits per heavy atom. The minimum Gasteiger partial charge on any atom is -0.445 e. The SMILES string of the molecule is Cn1ncc2c(N)nc3ccc(C(=O)N(Cc4ccc(C(F)(F)F)cn4)NC(=O)OC4CCC4)cc3c21. The Kier molecular flexibility index (Phi) is 6.05. The first-order valence-electron chi connectivity index (χ1n) is 11.4. The van der Waals surface area contributed by atoms with E-state index in [0.29, 0.717) is 33.8 Å². The molecule has 5 rings (SSSR count). The van der Waals surface area contributed by atoms with Gasteiger partial charge in [0.1, 0.15) is 11.9 Å². The summed E-state index contributed by atoms with van der Waals surface area (Å²) in [6.07, 6.45) is -0.986. The van der Waals surface area contributed by atoms with E-state index < -0.39 is 23.7 Å². The average Bonchev–Trinajstić information content (AvgIpc) is 3.23. The first-order valence-corrected chi connectivity index (χ1v) is 11.4. The van der Waals surface area contributed by atoms with E-state index in [1.807, 2.05) is 0 Å². The van der Waals surface area contributed by atoms with E-state index in [2.05, 4.69) is 20.5 Å². The second-order valence-corrected chi connectivity index (χ2v) is 8.76. The number of benzene rings is 1. The van der Waals surface area contributed by atoms with Crippen LogP contribution in [0.2, 0.25) is 0 Å². The number of aromatic nitrogens is 4. The quantitative estimate of drug-likeness (QED) is 0.396. The molecule has 3 heterocycles. The van der Waals surface area contributed by atoms with Gasteiger partial charge in [-0.3, -0.25) is 14.5 Å². The summed E-state index contributed by atoms with van der Waals surface area (Å²) in [5.41, 5.74) is 9.07. The summed E-state index contributed by atoms with van der Waals surface area (Å²) in [6.45, 7) is -0.296. The van der Waals surface area contributed by atoms with Crippen LogP contribution >= 0.6 is 0 Å². The van der Waals surface area contributed by atoms with Crippen molar-refractivity contribution in [2.24, 2.45) is 7.05 Å². The zero-order valence-electron chi connectivity index (χ0n) is 19.6. The van der Waals surface area contributed by atoms with Gasteiger partial charge in [0.2, 0.25) is 0 Å². The number of nitrogens with one attached hydrogen (secondary N) is 1. The molecular weight excluding hydrogens is 491 g/mol. The number of halogens is 3. The maximum atomic E-state index is 13.5. The van der Waals surface area contributed by atoms with Crippen LogP contribution in [0.3, 0.4) is 0 Å². The molecular formula is C24H22F3N7O3. The number of nitrogen functional groups attached to an aromatic ring is 1. The lowest BCUT2D eigenvalue weighted by molar-refractivity contribution is -0.137. The number of hydrogen-bond acceptors (Lipinski definition) is 7. The van der Waals surface area contributed by atoms with Gasteiger partial charge < -0.3 is 10.5 Å². The summed E-state index contributed by atoms with van der Waals surface area (Å²) >= 11 is 0. The summed E-state index contributed by atoms with van der Waals surface area (Å²) in [7, 11) is 1.73. The van der Waals surface area contributed by atoms with Crippen LogP contribution in [-0.4, -0.2) is 42.9 Å². The van der Waals surface area contributed by atoms with Crippen LogP contribution in [0.4, 0.5) is 23.8 Å². The van der Waals surface area contributed by atoms with Gasteiger partial charge in [-0.2, -0.15) is 18.3 Å². The Hall–Kier alpha value is -4.42. The van der Waals surface area contributed by atoms with Crippen molar-refractivity contribution < 1.29 is 27.5 Å². The molecule has 10 nitrogen and oxygen atoms in total. The first kappa shape index (κ1) is 24.3. The van der Waals surface area contributed by atoms with E-state index in [1.165, 1.54) is 6.07 Å². The van der Waals surface area contributed by atoms with Crippen LogP contribution in [0.25, 0.3) is 21.8 Å². The number of carbonyl (C=O) groups is 2. The molecule has 3 N–H and O–H groups in total. The molecule has 37 heavy (non-hydrogen) atoms. The largest absolute Gasteiger partial charge is 0.445 e. The molecule has 0 aliphatic heterocycles. The Morgan fingerprint density at radius 1 is 1.19 bits per heavy atom. The fourth-order valence-electron chi connectivity index (χ4n) is 4.03. The van der Waals surface area contributed by atoms with Crippen molar-refractivity contribution in [1.29, 1.82) is 0 Å². The third kappa shape index (κ3) is 4.84. The summed E-state index contributed by atoms with van der Waals surface area (Å²) < 4.78 is 45.7. The molecule has 13 heteroatoms. The number of amides is 2. The summed E-state index contributed by atoms with van der Waals surface area (Å²) in [5, 5.41) is 6.41. The molecule has 1 aliphatic rings. The van der Waals surface area contributed by atoms with Crippen molar-refractivity contribution >= 4 is 39.6 Å². The Bertz CT molecular complexity index is 1500. The number of pyridine rings is 2.